The predicted molar refractivity (Wildman–Crippen MR) is 110 cm³/mol. The molecule has 0 aliphatic carbocycles. The molecule has 1 heterocycles. The predicted octanol–water partition coefficient (Wildman–Crippen LogP) is 2.03. The summed E-state index contributed by atoms with van der Waals surface area (Å²) in [4.78, 5) is 36.3. The summed E-state index contributed by atoms with van der Waals surface area (Å²) < 4.78 is 1.78. The van der Waals surface area contributed by atoms with E-state index in [1.165, 1.54) is 0 Å². The number of nitrogens with zero attached hydrogens (tertiary/aromatic N) is 1. The number of fused-ring (bicyclic) bond motifs is 1. The summed E-state index contributed by atoms with van der Waals surface area (Å²) in [5.41, 5.74) is 3.28. The third kappa shape index (κ3) is 4.82. The van der Waals surface area contributed by atoms with Gasteiger partial charge in [0, 0.05) is 24.4 Å². The van der Waals surface area contributed by atoms with Gasteiger partial charge in [0.1, 0.15) is 18.3 Å². The van der Waals surface area contributed by atoms with Crippen LogP contribution in [-0.2, 0) is 23.1 Å². The molecule has 2 amide bonds. The van der Waals surface area contributed by atoms with Gasteiger partial charge in [-0.1, -0.05) is 42.0 Å². The van der Waals surface area contributed by atoms with Crippen molar-refractivity contribution in [2.75, 3.05) is 6.54 Å². The molecule has 3 rings (SSSR count). The molecule has 1 atom stereocenters. The van der Waals surface area contributed by atoms with Crippen LogP contribution in [0.15, 0.2) is 54.6 Å². The van der Waals surface area contributed by atoms with Gasteiger partial charge in [-0.15, -0.1) is 0 Å². The van der Waals surface area contributed by atoms with Crippen LogP contribution < -0.4 is 10.6 Å². The van der Waals surface area contributed by atoms with E-state index >= 15 is 0 Å². The van der Waals surface area contributed by atoms with Gasteiger partial charge in [0.25, 0.3) is 5.91 Å². The number of carboxylic acids is 1. The molecule has 3 aromatic rings. The smallest absolute Gasteiger partial charge is 0.322 e. The number of benzene rings is 2. The first-order valence-corrected chi connectivity index (χ1v) is 9.25. The number of aliphatic carboxylic acids is 1. The number of aromatic nitrogens is 1. The van der Waals surface area contributed by atoms with E-state index in [0.29, 0.717) is 5.69 Å². The Morgan fingerprint density at radius 3 is 2.48 bits per heavy atom. The van der Waals surface area contributed by atoms with Crippen molar-refractivity contribution in [3.63, 3.8) is 0 Å². The largest absolute Gasteiger partial charge is 0.480 e. The lowest BCUT2D eigenvalue weighted by Gasteiger charge is -2.18. The maximum absolute atomic E-state index is 12.9. The zero-order valence-corrected chi connectivity index (χ0v) is 16.3. The first kappa shape index (κ1) is 20.1. The molecule has 150 valence electrons. The molecule has 7 heteroatoms. The number of rotatable bonds is 7. The molecule has 2 aromatic carbocycles. The number of aryl methyl sites for hydroxylation is 2. The number of hydrogen-bond donors (Lipinski definition) is 3. The highest BCUT2D eigenvalue weighted by Gasteiger charge is 2.24. The van der Waals surface area contributed by atoms with Crippen LogP contribution in [0.25, 0.3) is 10.9 Å². The van der Waals surface area contributed by atoms with E-state index in [2.05, 4.69) is 10.6 Å². The monoisotopic (exact) mass is 393 g/mol. The molecule has 7 nitrogen and oxygen atoms in total. The van der Waals surface area contributed by atoms with Crippen molar-refractivity contribution in [2.24, 2.45) is 7.05 Å². The minimum atomic E-state index is -1.15. The summed E-state index contributed by atoms with van der Waals surface area (Å²) in [6, 6.07) is 16.0. The molecule has 0 radical (unpaired) electrons. The van der Waals surface area contributed by atoms with E-state index in [0.717, 1.165) is 22.0 Å². The molecule has 0 fully saturated rings. The van der Waals surface area contributed by atoms with E-state index in [1.54, 1.807) is 17.7 Å². The first-order valence-electron chi connectivity index (χ1n) is 9.25. The Hall–Kier alpha value is -3.61. The normalized spacial score (nSPS) is 11.8. The third-order valence-corrected chi connectivity index (χ3v) is 4.75. The van der Waals surface area contributed by atoms with Gasteiger partial charge in [-0.2, -0.15) is 0 Å². The fourth-order valence-corrected chi connectivity index (χ4v) is 3.26. The van der Waals surface area contributed by atoms with E-state index < -0.39 is 30.4 Å². The summed E-state index contributed by atoms with van der Waals surface area (Å²) >= 11 is 0. The van der Waals surface area contributed by atoms with Gasteiger partial charge >= 0.3 is 5.97 Å². The number of amides is 2. The summed E-state index contributed by atoms with van der Waals surface area (Å²) in [6.45, 7) is 1.47. The Morgan fingerprint density at radius 1 is 1.07 bits per heavy atom. The fraction of sp³-hybridized carbons (Fsp3) is 0.227. The standard InChI is InChI=1S/C22H23N3O4/c1-14-8-9-18-16(10-14)12-19(25(18)2)22(29)24-17(21(28)23-13-20(26)27)11-15-6-4-3-5-7-15/h3-10,12,17H,11,13H2,1-2H3,(H,23,28)(H,24,29)(H,26,27). The Morgan fingerprint density at radius 2 is 1.79 bits per heavy atom. The van der Waals surface area contributed by atoms with Gasteiger partial charge in [0.15, 0.2) is 0 Å². The van der Waals surface area contributed by atoms with Crippen LogP contribution in [0, 0.1) is 6.92 Å². The maximum atomic E-state index is 12.9. The quantitative estimate of drug-likeness (QED) is 0.572. The summed E-state index contributed by atoms with van der Waals surface area (Å²) in [5.74, 6) is -2.08. The number of carbonyl (C=O) groups excluding carboxylic acids is 2. The molecule has 0 spiro atoms. The van der Waals surface area contributed by atoms with Crippen LogP contribution in [0.5, 0.6) is 0 Å². The lowest BCUT2D eigenvalue weighted by atomic mass is 10.0. The minimum Gasteiger partial charge on any atom is -0.480 e. The highest BCUT2D eigenvalue weighted by atomic mass is 16.4. The van der Waals surface area contributed by atoms with Gasteiger partial charge in [0.05, 0.1) is 0 Å². The molecular weight excluding hydrogens is 370 g/mol. The highest BCUT2D eigenvalue weighted by molar-refractivity contribution is 6.01. The molecular formula is C22H23N3O4. The first-order chi connectivity index (χ1) is 13.8. The van der Waals surface area contributed by atoms with Crippen molar-refractivity contribution in [3.8, 4) is 0 Å². The lowest BCUT2D eigenvalue weighted by Crippen LogP contribution is -2.49. The van der Waals surface area contributed by atoms with Crippen molar-refractivity contribution < 1.29 is 19.5 Å². The number of hydrogen-bond acceptors (Lipinski definition) is 3. The topological polar surface area (TPSA) is 100 Å². The van der Waals surface area contributed by atoms with Crippen LogP contribution in [0.1, 0.15) is 21.6 Å². The molecule has 0 saturated carbocycles. The molecule has 3 N–H and O–H groups in total. The van der Waals surface area contributed by atoms with Crippen molar-refractivity contribution in [2.45, 2.75) is 19.4 Å². The molecule has 0 aliphatic heterocycles. The average molecular weight is 393 g/mol. The van der Waals surface area contributed by atoms with Crippen LogP contribution in [-0.4, -0.2) is 40.0 Å². The molecule has 0 bridgehead atoms. The van der Waals surface area contributed by atoms with Crippen molar-refractivity contribution in [3.05, 3.63) is 71.4 Å². The fourth-order valence-electron chi connectivity index (χ4n) is 3.26. The van der Waals surface area contributed by atoms with Crippen molar-refractivity contribution in [1.29, 1.82) is 0 Å². The van der Waals surface area contributed by atoms with Crippen molar-refractivity contribution >= 4 is 28.7 Å². The molecule has 29 heavy (non-hydrogen) atoms. The van der Waals surface area contributed by atoms with Crippen LogP contribution in [0.3, 0.4) is 0 Å². The minimum absolute atomic E-state index is 0.251. The SMILES string of the molecule is Cc1ccc2c(c1)cc(C(=O)NC(Cc1ccccc1)C(=O)NCC(=O)O)n2C. The van der Waals surface area contributed by atoms with E-state index in [4.69, 9.17) is 5.11 Å². The second-order valence-corrected chi connectivity index (χ2v) is 6.98. The van der Waals surface area contributed by atoms with Crippen molar-refractivity contribution in [1.82, 2.24) is 15.2 Å². The zero-order valence-electron chi connectivity index (χ0n) is 16.3. The highest BCUT2D eigenvalue weighted by Crippen LogP contribution is 2.20. The number of carboxylic acid groups (broad SMARTS) is 1. The molecule has 0 aliphatic rings. The second-order valence-electron chi connectivity index (χ2n) is 6.98. The average Bonchev–Trinajstić information content (AvgIpc) is 3.02. The van der Waals surface area contributed by atoms with E-state index in [-0.39, 0.29) is 6.42 Å². The van der Waals surface area contributed by atoms with E-state index in [9.17, 15) is 14.4 Å². The number of carbonyl (C=O) groups is 3. The number of nitrogens with one attached hydrogen (secondary N) is 2. The van der Waals surface area contributed by atoms with Crippen LogP contribution in [0.2, 0.25) is 0 Å². The maximum Gasteiger partial charge on any atom is 0.322 e. The summed E-state index contributed by atoms with van der Waals surface area (Å²) in [5, 5.41) is 14.9. The second kappa shape index (κ2) is 8.60. The van der Waals surface area contributed by atoms with Gasteiger partial charge in [-0.25, -0.2) is 0 Å². The van der Waals surface area contributed by atoms with Crippen LogP contribution >= 0.6 is 0 Å². The van der Waals surface area contributed by atoms with E-state index in [1.807, 2.05) is 55.5 Å². The van der Waals surface area contributed by atoms with Crippen LogP contribution in [0.4, 0.5) is 0 Å². The Labute approximate surface area is 168 Å². The Bertz CT molecular complexity index is 1060. The molecule has 0 saturated heterocycles. The summed E-state index contributed by atoms with van der Waals surface area (Å²) in [6.07, 6.45) is 0.251. The zero-order chi connectivity index (χ0) is 21.0. The Kier molecular flexibility index (Phi) is 5.97. The lowest BCUT2D eigenvalue weighted by molar-refractivity contribution is -0.138. The van der Waals surface area contributed by atoms with Gasteiger partial charge in [-0.3, -0.25) is 14.4 Å². The van der Waals surface area contributed by atoms with Gasteiger partial charge in [-0.05, 0) is 30.7 Å². The molecule has 1 aromatic heterocycles. The summed E-state index contributed by atoms with van der Waals surface area (Å²) in [7, 11) is 1.79. The van der Waals surface area contributed by atoms with Gasteiger partial charge in [0.2, 0.25) is 5.91 Å². The third-order valence-electron chi connectivity index (χ3n) is 4.75. The van der Waals surface area contributed by atoms with Gasteiger partial charge < -0.3 is 20.3 Å². The Balaban J connectivity index is 1.84. The molecule has 1 unspecified atom stereocenters.